The summed E-state index contributed by atoms with van der Waals surface area (Å²) < 4.78 is 14.3. The van der Waals surface area contributed by atoms with E-state index >= 15 is 0 Å². The number of alkyl halides is 1. The van der Waals surface area contributed by atoms with Crippen molar-refractivity contribution in [3.05, 3.63) is 82.9 Å². The predicted octanol–water partition coefficient (Wildman–Crippen LogP) is -1.81. The Morgan fingerprint density at radius 1 is 1.06 bits per heavy atom. The van der Waals surface area contributed by atoms with Crippen LogP contribution in [0.25, 0.3) is 0 Å². The third-order valence-electron chi connectivity index (χ3n) is 4.91. The second kappa shape index (κ2) is 15.1. The molecule has 2 aliphatic heterocycles. The van der Waals surface area contributed by atoms with E-state index in [2.05, 4.69) is 26.7 Å². The number of benzene rings is 2. The van der Waals surface area contributed by atoms with Crippen molar-refractivity contribution in [3.63, 3.8) is 0 Å². The molecule has 1 saturated heterocycles. The van der Waals surface area contributed by atoms with E-state index in [0.717, 1.165) is 17.5 Å². The maximum absolute atomic E-state index is 11.2. The van der Waals surface area contributed by atoms with E-state index < -0.39 is 0 Å². The van der Waals surface area contributed by atoms with Crippen molar-refractivity contribution in [2.24, 2.45) is 5.92 Å². The topological polar surface area (TPSA) is 109 Å². The van der Waals surface area contributed by atoms with Crippen LogP contribution in [0, 0.1) is 12.5 Å². The van der Waals surface area contributed by atoms with Crippen molar-refractivity contribution in [3.8, 4) is 0 Å². The largest absolute Gasteiger partial charge is 1.00 e. The minimum Gasteiger partial charge on any atom is -1.00 e. The van der Waals surface area contributed by atoms with E-state index in [-0.39, 0.29) is 95.0 Å². The Hall–Kier alpha value is -0.970. The number of carbonyl (C=O) groups is 3. The molecule has 0 saturated carbocycles. The number of ether oxygens (including phenoxy) is 3. The Morgan fingerprint density at radius 2 is 1.67 bits per heavy atom. The summed E-state index contributed by atoms with van der Waals surface area (Å²) in [6.45, 7) is 8.35. The molecule has 2 aromatic rings. The van der Waals surface area contributed by atoms with Crippen LogP contribution in [-0.4, -0.2) is 30.5 Å². The Labute approximate surface area is 246 Å². The molecule has 0 amide bonds. The van der Waals surface area contributed by atoms with Crippen LogP contribution in [0.1, 0.15) is 46.5 Å². The molecule has 0 spiro atoms. The van der Waals surface area contributed by atoms with Crippen LogP contribution in [0.2, 0.25) is 0 Å². The molecule has 0 radical (unpaired) electrons. The number of rotatable bonds is 2. The number of cyclic esters (lactones) is 1. The van der Waals surface area contributed by atoms with Gasteiger partial charge in [-0.05, 0) is 46.5 Å². The van der Waals surface area contributed by atoms with Crippen molar-refractivity contribution in [2.45, 2.75) is 24.5 Å². The van der Waals surface area contributed by atoms with Crippen LogP contribution in [0.15, 0.2) is 54.1 Å². The smallest absolute Gasteiger partial charge is 1.00 e. The van der Waals surface area contributed by atoms with Gasteiger partial charge < -0.3 is 25.9 Å². The van der Waals surface area contributed by atoms with Crippen LogP contribution in [0.4, 0.5) is 0 Å². The van der Waals surface area contributed by atoms with Gasteiger partial charge in [0.05, 0.1) is 12.2 Å². The van der Waals surface area contributed by atoms with Gasteiger partial charge in [-0.1, -0.05) is 42.5 Å². The normalized spacial score (nSPS) is 20.2. The monoisotopic (exact) mass is 535 g/mol. The third kappa shape index (κ3) is 7.50. The Bertz CT molecular complexity index is 989. The van der Waals surface area contributed by atoms with Crippen molar-refractivity contribution in [2.75, 3.05) is 6.61 Å². The van der Waals surface area contributed by atoms with Crippen LogP contribution < -0.4 is 59.1 Å². The Kier molecular flexibility index (Phi) is 14.7. The van der Waals surface area contributed by atoms with Gasteiger partial charge >= 0.3 is 65.1 Å². The molecule has 33 heavy (non-hydrogen) atoms. The van der Waals surface area contributed by atoms with Gasteiger partial charge in [-0.25, -0.2) is 4.79 Å². The van der Waals surface area contributed by atoms with Gasteiger partial charge in [0.15, 0.2) is 11.0 Å². The number of esters is 2. The molecule has 0 aromatic heterocycles. The number of fused-ring (bicyclic) bond motifs is 4. The fourth-order valence-corrected chi connectivity index (χ4v) is 4.05. The molecule has 2 heterocycles. The van der Waals surface area contributed by atoms with Gasteiger partial charge in [0, 0.05) is 11.5 Å². The molecule has 3 unspecified atom stereocenters. The summed E-state index contributed by atoms with van der Waals surface area (Å²) in [5, 5.41) is -0.258. The SMILES string of the molecule is CCOC=O.O=C1OC(Br)c2ccccc21.[CH-]=C1C(=O)OC2c3ccccc3CC12.[H-].[Na+].[Na+].[OH-]. The van der Waals surface area contributed by atoms with Crippen LogP contribution in [-0.2, 0) is 30.2 Å². The molecule has 2 aromatic carbocycles. The summed E-state index contributed by atoms with van der Waals surface area (Å²) in [5.74, 6) is -0.517. The van der Waals surface area contributed by atoms with Gasteiger partial charge in [0.2, 0.25) is 0 Å². The average Bonchev–Trinajstić information content (AvgIpc) is 3.36. The third-order valence-corrected chi connectivity index (χ3v) is 5.59. The zero-order chi connectivity index (χ0) is 21.7. The van der Waals surface area contributed by atoms with Crippen LogP contribution in [0.5, 0.6) is 0 Å². The Balaban J connectivity index is 0. The summed E-state index contributed by atoms with van der Waals surface area (Å²) in [5.41, 5.74) is 4.32. The van der Waals surface area contributed by atoms with E-state index in [4.69, 9.17) is 16.1 Å². The second-order valence-corrected chi connectivity index (χ2v) is 7.48. The summed E-state index contributed by atoms with van der Waals surface area (Å²) >= 11 is 3.23. The van der Waals surface area contributed by atoms with Crippen LogP contribution >= 0.6 is 15.9 Å². The summed E-state index contributed by atoms with van der Waals surface area (Å²) in [4.78, 5) is 31.4. The molecule has 0 bridgehead atoms. The fourth-order valence-electron chi connectivity index (χ4n) is 3.48. The van der Waals surface area contributed by atoms with Gasteiger partial charge in [-0.3, -0.25) is 11.4 Å². The zero-order valence-corrected chi connectivity index (χ0v) is 24.3. The molecule has 1 fully saturated rings. The Morgan fingerprint density at radius 3 is 2.24 bits per heavy atom. The number of hydrogen-bond acceptors (Lipinski definition) is 7. The number of halogens is 1. The molecule has 7 nitrogen and oxygen atoms in total. The maximum atomic E-state index is 11.2. The van der Waals surface area contributed by atoms with Crippen LogP contribution in [0.3, 0.4) is 0 Å². The molecular weight excluding hydrogens is 514 g/mol. The van der Waals surface area contributed by atoms with Crippen molar-refractivity contribution in [1.82, 2.24) is 0 Å². The minimum absolute atomic E-state index is 0. The van der Waals surface area contributed by atoms with Crippen molar-refractivity contribution in [1.29, 1.82) is 0 Å². The van der Waals surface area contributed by atoms with E-state index in [1.54, 1.807) is 13.0 Å². The number of carbonyl (C=O) groups excluding carboxylic acids is 3. The first kappa shape index (κ1) is 32.0. The first-order valence-electron chi connectivity index (χ1n) is 9.38. The second-order valence-electron chi connectivity index (χ2n) is 6.65. The molecule has 1 N–H and O–H groups in total. The summed E-state index contributed by atoms with van der Waals surface area (Å²) in [6.07, 6.45) is 0.706. The fraction of sp³-hybridized carbons (Fsp3) is 0.261. The predicted molar refractivity (Wildman–Crippen MR) is 115 cm³/mol. The summed E-state index contributed by atoms with van der Waals surface area (Å²) in [7, 11) is 0. The van der Waals surface area contributed by atoms with Gasteiger partial charge in [-0.15, -0.1) is 5.57 Å². The van der Waals surface area contributed by atoms with Crippen molar-refractivity contribution >= 4 is 34.3 Å². The molecule has 10 heteroatoms. The van der Waals surface area contributed by atoms with E-state index in [1.807, 2.05) is 36.4 Å². The zero-order valence-electron chi connectivity index (χ0n) is 19.7. The first-order valence-corrected chi connectivity index (χ1v) is 10.3. The molecule has 5 rings (SSSR count). The van der Waals surface area contributed by atoms with E-state index in [9.17, 15) is 14.4 Å². The first-order chi connectivity index (χ1) is 14.5. The molecule has 3 atom stereocenters. The molecule has 3 aliphatic rings. The quantitative estimate of drug-likeness (QED) is 0.0847. The van der Waals surface area contributed by atoms with E-state index in [0.29, 0.717) is 24.2 Å². The van der Waals surface area contributed by atoms with E-state index in [1.165, 1.54) is 5.56 Å². The molecule has 166 valence electrons. The van der Waals surface area contributed by atoms with Gasteiger partial charge in [-0.2, -0.15) is 0 Å². The van der Waals surface area contributed by atoms with Crippen molar-refractivity contribution < 1.29 is 94.6 Å². The van der Waals surface area contributed by atoms with Gasteiger partial charge in [0.1, 0.15) is 6.10 Å². The number of hydrogen-bond donors (Lipinski definition) is 0. The maximum Gasteiger partial charge on any atom is 1.00 e. The standard InChI is InChI=1S/C12H9O2.C8H5BrO2.C3H6O2.2Na.H2O.H/c1-7-10-6-8-4-2-3-5-9(8)11(10)14-12(7)13;9-7-5-3-1-2-4-6(5)8(10)11-7;1-2-5-3-4;;;;/h1-5,10-11H,6H2;1-4,7H;3H,2H2,1H3;;;1H2;/q-1;;;2*+1;;-1/p-1. The average molecular weight is 536 g/mol. The minimum atomic E-state index is -0.338. The van der Waals surface area contributed by atoms with Gasteiger partial charge in [0.25, 0.3) is 6.47 Å². The molecule has 1 aliphatic carbocycles. The molecular formula is C23H22BrNa2O7-. The summed E-state index contributed by atoms with van der Waals surface area (Å²) in [6, 6.07) is 15.4.